The lowest BCUT2D eigenvalue weighted by atomic mass is 9.66. The minimum atomic E-state index is 0.218. The zero-order chi connectivity index (χ0) is 33.7. The van der Waals surface area contributed by atoms with Crippen LogP contribution in [0.5, 0.6) is 0 Å². The van der Waals surface area contributed by atoms with Crippen LogP contribution in [0.4, 0.5) is 0 Å². The molecule has 2 unspecified atom stereocenters. The first-order valence-electron chi connectivity index (χ1n) is 17.7. The van der Waals surface area contributed by atoms with Crippen LogP contribution in [0.15, 0.2) is 200 Å². The van der Waals surface area contributed by atoms with Crippen molar-refractivity contribution in [3.63, 3.8) is 0 Å². The molecule has 0 saturated carbocycles. The second-order valence-electron chi connectivity index (χ2n) is 13.5. The van der Waals surface area contributed by atoms with E-state index in [1.165, 1.54) is 60.8 Å². The summed E-state index contributed by atoms with van der Waals surface area (Å²) in [6.45, 7) is 0. The van der Waals surface area contributed by atoms with Gasteiger partial charge in [0.1, 0.15) is 0 Å². The van der Waals surface area contributed by atoms with Crippen LogP contribution in [0.25, 0.3) is 55.5 Å². The fraction of sp³-hybridized carbons (Fsp3) is 0.0408. The molecule has 0 N–H and O–H groups in total. The average molecular weight is 651 g/mol. The molecule has 0 bridgehead atoms. The Kier molecular flexibility index (Phi) is 6.99. The van der Waals surface area contributed by atoms with Crippen molar-refractivity contribution in [2.24, 2.45) is 5.92 Å². The molecule has 240 valence electrons. The zero-order valence-corrected chi connectivity index (χ0v) is 28.0. The third-order valence-electron chi connectivity index (χ3n) is 10.7. The minimum Gasteiger partial charge on any atom is -0.309 e. The van der Waals surface area contributed by atoms with E-state index in [2.05, 4.69) is 199 Å². The van der Waals surface area contributed by atoms with E-state index in [0.29, 0.717) is 0 Å². The highest BCUT2D eigenvalue weighted by molar-refractivity contribution is 6.13. The molecule has 2 aromatic heterocycles. The third-order valence-corrected chi connectivity index (χ3v) is 10.7. The molecule has 2 atom stereocenters. The van der Waals surface area contributed by atoms with Crippen molar-refractivity contribution in [3.05, 3.63) is 222 Å². The van der Waals surface area contributed by atoms with Gasteiger partial charge in [-0.05, 0) is 63.2 Å². The molecule has 2 aliphatic carbocycles. The molecule has 0 amide bonds. The normalized spacial score (nSPS) is 16.4. The summed E-state index contributed by atoms with van der Waals surface area (Å²) in [6, 6.07) is 59.2. The maximum Gasteiger partial charge on any atom is 0.0723 e. The van der Waals surface area contributed by atoms with E-state index >= 15 is 0 Å². The van der Waals surface area contributed by atoms with E-state index in [1.54, 1.807) is 0 Å². The van der Waals surface area contributed by atoms with Crippen molar-refractivity contribution in [1.29, 1.82) is 0 Å². The Morgan fingerprint density at radius 3 is 2.02 bits per heavy atom. The minimum absolute atomic E-state index is 0.218. The van der Waals surface area contributed by atoms with Gasteiger partial charge in [0.15, 0.2) is 0 Å². The van der Waals surface area contributed by atoms with E-state index in [1.807, 2.05) is 0 Å². The molecule has 2 aliphatic rings. The molecule has 0 radical (unpaired) electrons. The Morgan fingerprint density at radius 2 is 1.20 bits per heavy atom. The van der Waals surface area contributed by atoms with Crippen LogP contribution < -0.4 is 0 Å². The number of hydrogen-bond acceptors (Lipinski definition) is 1. The molecular formula is C49H34N2. The van der Waals surface area contributed by atoms with E-state index in [-0.39, 0.29) is 11.8 Å². The molecule has 2 heteroatoms. The van der Waals surface area contributed by atoms with Gasteiger partial charge in [0.25, 0.3) is 0 Å². The summed E-state index contributed by atoms with van der Waals surface area (Å²) in [7, 11) is 0. The van der Waals surface area contributed by atoms with Crippen LogP contribution in [-0.2, 0) is 0 Å². The topological polar surface area (TPSA) is 17.8 Å². The van der Waals surface area contributed by atoms with Crippen LogP contribution in [0, 0.1) is 5.92 Å². The lowest BCUT2D eigenvalue weighted by Gasteiger charge is -2.36. The fourth-order valence-corrected chi connectivity index (χ4v) is 8.44. The largest absolute Gasteiger partial charge is 0.309 e. The lowest BCUT2D eigenvalue weighted by molar-refractivity contribution is 0.649. The highest BCUT2D eigenvalue weighted by Gasteiger charge is 2.35. The van der Waals surface area contributed by atoms with Crippen molar-refractivity contribution < 1.29 is 0 Å². The first-order valence-corrected chi connectivity index (χ1v) is 17.7. The van der Waals surface area contributed by atoms with Gasteiger partial charge >= 0.3 is 0 Å². The summed E-state index contributed by atoms with van der Waals surface area (Å²) in [6.07, 6.45) is 11.2. The second-order valence-corrected chi connectivity index (χ2v) is 13.5. The maximum atomic E-state index is 5.22. The van der Waals surface area contributed by atoms with E-state index < -0.39 is 0 Å². The van der Waals surface area contributed by atoms with Crippen LogP contribution in [0.1, 0.15) is 28.2 Å². The van der Waals surface area contributed by atoms with Gasteiger partial charge in [0.05, 0.1) is 16.7 Å². The number of benzene rings is 6. The van der Waals surface area contributed by atoms with Crippen LogP contribution in [0.3, 0.4) is 0 Å². The summed E-state index contributed by atoms with van der Waals surface area (Å²) in [5, 5.41) is 2.47. The van der Waals surface area contributed by atoms with Crippen LogP contribution >= 0.6 is 0 Å². The standard InChI is InChI=1S/C49H34N2/c1-3-14-33(15-4-1)34-26-28-35(29-27-34)47-39-19-7-9-21-41(39)48(42-22-10-8-20-40(42)47)36-30-31-45(50-32-36)44-24-13-23-43-38-18-11-12-25-46(38)51(49(43)44)37-16-5-2-6-17-37/h1-32,39,47H. The Hall–Kier alpha value is -6.51. The van der Waals surface area contributed by atoms with Crippen molar-refractivity contribution in [1.82, 2.24) is 9.55 Å². The Bertz CT molecular complexity index is 2660. The molecule has 0 fully saturated rings. The first-order chi connectivity index (χ1) is 25.3. The number of aromatic nitrogens is 2. The van der Waals surface area contributed by atoms with E-state index in [9.17, 15) is 0 Å². The van der Waals surface area contributed by atoms with E-state index in [0.717, 1.165) is 22.5 Å². The zero-order valence-electron chi connectivity index (χ0n) is 28.0. The van der Waals surface area contributed by atoms with Gasteiger partial charge in [-0.2, -0.15) is 0 Å². The number of para-hydroxylation sites is 3. The van der Waals surface area contributed by atoms with Crippen molar-refractivity contribution in [2.75, 3.05) is 0 Å². The second kappa shape index (κ2) is 12.1. The summed E-state index contributed by atoms with van der Waals surface area (Å²) in [4.78, 5) is 5.22. The molecule has 10 rings (SSSR count). The van der Waals surface area contributed by atoms with Crippen molar-refractivity contribution in [2.45, 2.75) is 5.92 Å². The molecule has 0 spiro atoms. The quantitative estimate of drug-likeness (QED) is 0.181. The van der Waals surface area contributed by atoms with Crippen molar-refractivity contribution >= 4 is 27.4 Å². The molecule has 2 heterocycles. The van der Waals surface area contributed by atoms with Gasteiger partial charge in [0, 0.05) is 45.6 Å². The van der Waals surface area contributed by atoms with Crippen LogP contribution in [-0.4, -0.2) is 9.55 Å². The number of allylic oxidation sites excluding steroid dienone is 5. The maximum absolute atomic E-state index is 5.22. The number of nitrogens with zero attached hydrogens (tertiary/aromatic N) is 2. The third kappa shape index (κ3) is 4.83. The monoisotopic (exact) mass is 650 g/mol. The summed E-state index contributed by atoms with van der Waals surface area (Å²) < 4.78 is 2.38. The highest BCUT2D eigenvalue weighted by Crippen LogP contribution is 2.50. The van der Waals surface area contributed by atoms with E-state index in [4.69, 9.17) is 4.98 Å². The Morgan fingerprint density at radius 1 is 0.510 bits per heavy atom. The summed E-state index contributed by atoms with van der Waals surface area (Å²) >= 11 is 0. The molecule has 2 nitrogen and oxygen atoms in total. The predicted molar refractivity (Wildman–Crippen MR) is 212 cm³/mol. The van der Waals surface area contributed by atoms with Gasteiger partial charge in [-0.15, -0.1) is 0 Å². The molecule has 6 aromatic carbocycles. The van der Waals surface area contributed by atoms with Gasteiger partial charge in [-0.1, -0.05) is 164 Å². The average Bonchev–Trinajstić information content (AvgIpc) is 3.55. The number of pyridine rings is 1. The Labute approximate surface area is 298 Å². The number of rotatable bonds is 5. The predicted octanol–water partition coefficient (Wildman–Crippen LogP) is 12.2. The van der Waals surface area contributed by atoms with Gasteiger partial charge in [-0.25, -0.2) is 0 Å². The summed E-state index contributed by atoms with van der Waals surface area (Å²) in [5.74, 6) is 0.438. The summed E-state index contributed by atoms with van der Waals surface area (Å²) in [5.41, 5.74) is 15.8. The smallest absolute Gasteiger partial charge is 0.0723 e. The van der Waals surface area contributed by atoms with Gasteiger partial charge < -0.3 is 4.57 Å². The SMILES string of the molecule is C1=CC2=C(c3ccc(-c4cccc5c6ccccc6n(-c6ccccc6)c45)nc3)c3ccccc3C(c3ccc(-c4ccccc4)cc3)C2C=C1. The van der Waals surface area contributed by atoms with Gasteiger partial charge in [0.2, 0.25) is 0 Å². The van der Waals surface area contributed by atoms with Gasteiger partial charge in [-0.3, -0.25) is 4.98 Å². The number of hydrogen-bond donors (Lipinski definition) is 0. The molecule has 51 heavy (non-hydrogen) atoms. The number of fused-ring (bicyclic) bond motifs is 5. The first kappa shape index (κ1) is 29.4. The highest BCUT2D eigenvalue weighted by atomic mass is 15.0. The molecular weight excluding hydrogens is 617 g/mol. The van der Waals surface area contributed by atoms with Crippen LogP contribution in [0.2, 0.25) is 0 Å². The lowest BCUT2D eigenvalue weighted by Crippen LogP contribution is -2.22. The van der Waals surface area contributed by atoms with Crippen molar-refractivity contribution in [3.8, 4) is 28.1 Å². The molecule has 8 aromatic rings. The molecule has 0 saturated heterocycles. The Balaban J connectivity index is 1.09. The molecule has 0 aliphatic heterocycles. The fourth-order valence-electron chi connectivity index (χ4n) is 8.44.